The Morgan fingerprint density at radius 1 is 1.38 bits per heavy atom. The summed E-state index contributed by atoms with van der Waals surface area (Å²) in [6, 6.07) is 7.20. The maximum atomic E-state index is 10.2. The number of fused-ring (bicyclic) bond motifs is 1. The first-order valence-corrected chi connectivity index (χ1v) is 10.8. The van der Waals surface area contributed by atoms with Crippen LogP contribution in [0.2, 0.25) is 12.1 Å². The number of allylic oxidation sites excluding steroid dienone is 1. The number of aldehydes is 1. The molecule has 1 aliphatic carbocycles. The van der Waals surface area contributed by atoms with Gasteiger partial charge in [0, 0.05) is 24.4 Å². The molecule has 29 heavy (non-hydrogen) atoms. The van der Waals surface area contributed by atoms with E-state index in [1.165, 1.54) is 36.0 Å². The molecule has 2 unspecified atom stereocenters. The number of nitrogens with two attached hydrogens (primary N) is 1. The third-order valence-electron chi connectivity index (χ3n) is 5.84. The molecule has 1 saturated heterocycles. The van der Waals surface area contributed by atoms with E-state index in [1.807, 2.05) is 13.0 Å². The zero-order chi connectivity index (χ0) is 21.1. The molecule has 0 aromatic heterocycles. The van der Waals surface area contributed by atoms with Crippen LogP contribution in [0.25, 0.3) is 0 Å². The maximum absolute atomic E-state index is 10.2. The van der Waals surface area contributed by atoms with E-state index < -0.39 is 0 Å². The highest BCUT2D eigenvalue weighted by molar-refractivity contribution is 6.71. The average Bonchev–Trinajstić information content (AvgIpc) is 3.12. The lowest BCUT2D eigenvalue weighted by atomic mass is 9.44. The number of nitrogens with one attached hydrogen (secondary N) is 1. The number of aliphatic imine (C=N–C) groups is 1. The van der Waals surface area contributed by atoms with E-state index in [2.05, 4.69) is 41.5 Å². The van der Waals surface area contributed by atoms with Gasteiger partial charge in [0.05, 0.1) is 5.71 Å². The Morgan fingerprint density at radius 2 is 2.21 bits per heavy atom. The third kappa shape index (κ3) is 6.30. The lowest BCUT2D eigenvalue weighted by molar-refractivity contribution is -0.107. The van der Waals surface area contributed by atoms with Gasteiger partial charge in [0.1, 0.15) is 6.29 Å². The number of nitrogens with zero attached hydrogens (tertiary/aromatic N) is 2. The molecule has 1 aromatic carbocycles. The fourth-order valence-electron chi connectivity index (χ4n) is 4.25. The van der Waals surface area contributed by atoms with Gasteiger partial charge in [0.2, 0.25) is 0 Å². The molecule has 1 fully saturated rings. The van der Waals surface area contributed by atoms with Gasteiger partial charge >= 0.3 is 0 Å². The van der Waals surface area contributed by atoms with E-state index in [-0.39, 0.29) is 12.5 Å². The van der Waals surface area contributed by atoms with Gasteiger partial charge in [0.25, 0.3) is 6.71 Å². The van der Waals surface area contributed by atoms with Crippen LogP contribution in [-0.4, -0.2) is 32.3 Å². The fourth-order valence-corrected chi connectivity index (χ4v) is 4.25. The lowest BCUT2D eigenvalue weighted by Gasteiger charge is -2.17. The zero-order valence-electron chi connectivity index (χ0n) is 17.7. The molecule has 0 amide bonds. The third-order valence-corrected chi connectivity index (χ3v) is 5.84. The van der Waals surface area contributed by atoms with Crippen molar-refractivity contribution in [3.05, 3.63) is 47.2 Å². The second-order valence-electron chi connectivity index (χ2n) is 7.69. The van der Waals surface area contributed by atoms with Crippen LogP contribution in [0.1, 0.15) is 61.8 Å². The van der Waals surface area contributed by atoms with Gasteiger partial charge in [0.15, 0.2) is 0 Å². The summed E-state index contributed by atoms with van der Waals surface area (Å²) < 4.78 is 0. The first-order chi connectivity index (χ1) is 14.2. The van der Waals surface area contributed by atoms with Gasteiger partial charge in [-0.3, -0.25) is 4.99 Å². The number of rotatable bonds is 5. The van der Waals surface area contributed by atoms with Gasteiger partial charge in [-0.25, -0.2) is 5.26 Å². The van der Waals surface area contributed by atoms with Crippen LogP contribution in [0.5, 0.6) is 0 Å². The molecule has 1 aromatic rings. The molecule has 2 atom stereocenters. The molecule has 1 heterocycles. The van der Waals surface area contributed by atoms with Gasteiger partial charge in [-0.15, -0.1) is 0 Å². The maximum Gasteiger partial charge on any atom is 0.278 e. The second-order valence-corrected chi connectivity index (χ2v) is 7.69. The van der Waals surface area contributed by atoms with Crippen LogP contribution in [0.4, 0.5) is 0 Å². The van der Waals surface area contributed by atoms with E-state index in [9.17, 15) is 4.79 Å². The highest BCUT2D eigenvalue weighted by Gasteiger charge is 2.30. The van der Waals surface area contributed by atoms with E-state index in [0.29, 0.717) is 6.04 Å². The van der Waals surface area contributed by atoms with Crippen molar-refractivity contribution in [1.29, 1.82) is 5.26 Å². The summed E-state index contributed by atoms with van der Waals surface area (Å²) in [7, 11) is 2.05. The largest absolute Gasteiger partial charge is 0.405 e. The minimum atomic E-state index is 0.0162. The summed E-state index contributed by atoms with van der Waals surface area (Å²) in [5.74, 6) is 2.17. The van der Waals surface area contributed by atoms with Crippen LogP contribution >= 0.6 is 0 Å². The SMILES string of the molecule is CCN=C(/C=C\N)c1ccc2c(c1)CCCCC2NC.N#CB1CCCC1C=O. The molecular weight excluding hydrogens is 359 g/mol. The van der Waals surface area contributed by atoms with E-state index in [0.717, 1.165) is 44.1 Å². The topological polar surface area (TPSA) is 91.3 Å². The number of carbonyl (C=O) groups excluding carboxylic acids is 1. The Kier molecular flexibility index (Phi) is 9.66. The van der Waals surface area contributed by atoms with Crippen LogP contribution in [0, 0.1) is 11.2 Å². The predicted molar refractivity (Wildman–Crippen MR) is 121 cm³/mol. The molecule has 3 N–H and O–H groups in total. The summed E-state index contributed by atoms with van der Waals surface area (Å²) in [6.45, 7) is 2.84. The van der Waals surface area contributed by atoms with Crippen molar-refractivity contribution in [2.24, 2.45) is 10.7 Å². The molecule has 0 saturated carbocycles. The second kappa shape index (κ2) is 12.2. The Bertz CT molecular complexity index is 769. The van der Waals surface area contributed by atoms with E-state index in [4.69, 9.17) is 11.0 Å². The van der Waals surface area contributed by atoms with Gasteiger partial charge < -0.3 is 15.8 Å². The van der Waals surface area contributed by atoms with Gasteiger partial charge in [-0.2, -0.15) is 0 Å². The van der Waals surface area contributed by atoms with Crippen LogP contribution in [-0.2, 0) is 11.2 Å². The number of nitriles is 1. The molecule has 0 bridgehead atoms. The number of aryl methyl sites for hydroxylation is 1. The molecule has 0 radical (unpaired) electrons. The molecule has 0 spiro atoms. The quantitative estimate of drug-likeness (QED) is 0.345. The summed E-state index contributed by atoms with van der Waals surface area (Å²) in [5, 5.41) is 11.9. The van der Waals surface area contributed by atoms with E-state index in [1.54, 1.807) is 6.20 Å². The Balaban J connectivity index is 0.000000278. The van der Waals surface area contributed by atoms with Crippen molar-refractivity contribution in [3.63, 3.8) is 0 Å². The van der Waals surface area contributed by atoms with Gasteiger partial charge in [-0.1, -0.05) is 31.3 Å². The zero-order valence-corrected chi connectivity index (χ0v) is 17.7. The molecule has 5 nitrogen and oxygen atoms in total. The average molecular weight is 392 g/mol. The van der Waals surface area contributed by atoms with Crippen molar-refractivity contribution in [2.75, 3.05) is 13.6 Å². The standard InChI is InChI=1S/C17H25N3.C6H8BNO/c1-3-20-16(10-11-18)14-8-9-15-13(12-14)6-4-5-7-17(15)19-2;8-5-7-3-1-2-6(7)4-9/h8-12,17,19H,3-7,18H2,1-2H3;4,6H,1-3H2/b11-10-,20-16?;. The first kappa shape index (κ1) is 22.9. The number of hydrogen-bond donors (Lipinski definition) is 2. The minimum Gasteiger partial charge on any atom is -0.405 e. The first-order valence-electron chi connectivity index (χ1n) is 10.8. The molecule has 1 aliphatic heterocycles. The van der Waals surface area contributed by atoms with Crippen molar-refractivity contribution >= 4 is 18.7 Å². The van der Waals surface area contributed by atoms with Crippen molar-refractivity contribution < 1.29 is 4.79 Å². The highest BCUT2D eigenvalue weighted by Crippen LogP contribution is 2.29. The molecule has 2 aliphatic rings. The number of benzene rings is 1. The minimum absolute atomic E-state index is 0.0162. The van der Waals surface area contributed by atoms with Crippen LogP contribution < -0.4 is 11.1 Å². The van der Waals surface area contributed by atoms with Crippen molar-refractivity contribution in [1.82, 2.24) is 5.32 Å². The normalized spacial score (nSPS) is 21.7. The molecule has 3 rings (SSSR count). The van der Waals surface area contributed by atoms with Crippen molar-refractivity contribution in [3.8, 4) is 5.97 Å². The van der Waals surface area contributed by atoms with Crippen LogP contribution in [0.3, 0.4) is 0 Å². The summed E-state index contributed by atoms with van der Waals surface area (Å²) in [5.41, 5.74) is 10.6. The smallest absolute Gasteiger partial charge is 0.278 e. The molecular formula is C23H33BN4O. The summed E-state index contributed by atoms with van der Waals surface area (Å²) >= 11 is 0. The van der Waals surface area contributed by atoms with Gasteiger partial charge in [-0.05, 0) is 74.7 Å². The van der Waals surface area contributed by atoms with Crippen LogP contribution in [0.15, 0.2) is 35.5 Å². The number of hydrogen-bond acceptors (Lipinski definition) is 5. The molecule has 154 valence electrons. The molecule has 6 heteroatoms. The summed E-state index contributed by atoms with van der Waals surface area (Å²) in [6.07, 6.45) is 12.2. The number of carbonyl (C=O) groups is 1. The predicted octanol–water partition coefficient (Wildman–Crippen LogP) is 3.86. The Labute approximate surface area is 175 Å². The fraction of sp³-hybridized carbons (Fsp3) is 0.522. The Hall–Kier alpha value is -2.39. The monoisotopic (exact) mass is 392 g/mol. The lowest BCUT2D eigenvalue weighted by Crippen LogP contribution is -2.16. The van der Waals surface area contributed by atoms with E-state index >= 15 is 0 Å². The summed E-state index contributed by atoms with van der Waals surface area (Å²) in [4.78, 5) is 14.8. The Morgan fingerprint density at radius 3 is 2.83 bits per heavy atom. The van der Waals surface area contributed by atoms with Crippen molar-refractivity contribution in [2.45, 2.75) is 63.6 Å². The highest BCUT2D eigenvalue weighted by atomic mass is 16.1.